The van der Waals surface area contributed by atoms with E-state index < -0.39 is 0 Å². The smallest absolute Gasteiger partial charge is 0.244 e. The zero-order chi connectivity index (χ0) is 19.2. The molecule has 2 aliphatic heterocycles. The number of tetrazole rings is 1. The third-order valence-corrected chi connectivity index (χ3v) is 5.34. The average molecular weight is 380 g/mol. The van der Waals surface area contributed by atoms with Gasteiger partial charge in [-0.15, -0.1) is 5.10 Å². The molecule has 0 N–H and O–H groups in total. The molecule has 0 saturated carbocycles. The van der Waals surface area contributed by atoms with Gasteiger partial charge in [-0.1, -0.05) is 0 Å². The largest absolute Gasteiger partial charge is 0.373 e. The van der Waals surface area contributed by atoms with Gasteiger partial charge in [-0.25, -0.2) is 4.68 Å². The molecule has 0 unspecified atom stereocenters. The van der Waals surface area contributed by atoms with E-state index in [9.17, 15) is 4.79 Å². The highest BCUT2D eigenvalue weighted by Gasteiger charge is 2.24. The summed E-state index contributed by atoms with van der Waals surface area (Å²) >= 11 is 0. The summed E-state index contributed by atoms with van der Waals surface area (Å²) < 4.78 is 7.40. The van der Waals surface area contributed by atoms with E-state index in [4.69, 9.17) is 4.74 Å². The van der Waals surface area contributed by atoms with E-state index in [2.05, 4.69) is 39.2 Å². The average Bonchev–Trinajstić information content (AvgIpc) is 3.26. The molecule has 2 saturated heterocycles. The summed E-state index contributed by atoms with van der Waals surface area (Å²) in [5.41, 5.74) is 0. The van der Waals surface area contributed by atoms with E-state index in [0.717, 1.165) is 38.4 Å². The molecule has 2 atom stereocenters. The molecule has 27 heavy (non-hydrogen) atoms. The minimum atomic E-state index is 0.0497. The second-order valence-electron chi connectivity index (χ2n) is 7.92. The van der Waals surface area contributed by atoms with Gasteiger partial charge in [0.2, 0.25) is 5.91 Å². The maximum Gasteiger partial charge on any atom is 0.244 e. The number of morpholine rings is 1. The minimum Gasteiger partial charge on any atom is -0.373 e. The van der Waals surface area contributed by atoms with Crippen LogP contribution in [0.4, 0.5) is 0 Å². The number of hydrogen-bond donors (Lipinski definition) is 0. The lowest BCUT2D eigenvalue weighted by Gasteiger charge is -2.34. The van der Waals surface area contributed by atoms with Crippen molar-refractivity contribution in [2.24, 2.45) is 0 Å². The van der Waals surface area contributed by atoms with Crippen molar-refractivity contribution in [1.29, 1.82) is 0 Å². The standard InChI is InChI=1S/C18H33N7O2/c1-15-11-24(12-16(2)27-15)13-17-19-20-21-25(17)14-18(26)22(3)7-6-10-23-8-4-5-9-23/h15-16H,4-14H2,1-3H3/t15-,16+. The van der Waals surface area contributed by atoms with Crippen molar-refractivity contribution in [1.82, 2.24) is 34.9 Å². The zero-order valence-corrected chi connectivity index (χ0v) is 16.9. The van der Waals surface area contributed by atoms with Gasteiger partial charge in [0, 0.05) is 26.7 Å². The minimum absolute atomic E-state index is 0.0497. The van der Waals surface area contributed by atoms with E-state index in [0.29, 0.717) is 6.54 Å². The number of nitrogens with zero attached hydrogens (tertiary/aromatic N) is 7. The van der Waals surface area contributed by atoms with Crippen LogP contribution in [0.25, 0.3) is 0 Å². The number of hydrogen-bond acceptors (Lipinski definition) is 7. The summed E-state index contributed by atoms with van der Waals surface area (Å²) in [5, 5.41) is 11.9. The first-order valence-corrected chi connectivity index (χ1v) is 10.1. The van der Waals surface area contributed by atoms with Gasteiger partial charge in [-0.3, -0.25) is 9.69 Å². The van der Waals surface area contributed by atoms with E-state index >= 15 is 0 Å². The first kappa shape index (κ1) is 20.2. The summed E-state index contributed by atoms with van der Waals surface area (Å²) in [4.78, 5) is 19.1. The number of rotatable bonds is 8. The number of carbonyl (C=O) groups excluding carboxylic acids is 1. The molecule has 0 bridgehead atoms. The Morgan fingerprint density at radius 1 is 1.19 bits per heavy atom. The van der Waals surface area contributed by atoms with Crippen LogP contribution in [0.2, 0.25) is 0 Å². The summed E-state index contributed by atoms with van der Waals surface area (Å²) in [6.45, 7) is 10.9. The topological polar surface area (TPSA) is 79.6 Å². The van der Waals surface area contributed by atoms with Crippen LogP contribution in [0.15, 0.2) is 0 Å². The molecule has 1 aromatic rings. The number of amides is 1. The molecule has 3 rings (SSSR count). The van der Waals surface area contributed by atoms with Gasteiger partial charge in [-0.2, -0.15) is 0 Å². The number of carbonyl (C=O) groups is 1. The van der Waals surface area contributed by atoms with Crippen molar-refractivity contribution < 1.29 is 9.53 Å². The third kappa shape index (κ3) is 5.95. The van der Waals surface area contributed by atoms with Crippen molar-refractivity contribution >= 4 is 5.91 Å². The van der Waals surface area contributed by atoms with Crippen LogP contribution in [0, 0.1) is 0 Å². The molecule has 1 amide bonds. The molecule has 0 aliphatic carbocycles. The molecule has 0 aromatic carbocycles. The molecule has 0 radical (unpaired) electrons. The number of ether oxygens (including phenoxy) is 1. The SMILES string of the molecule is C[C@@H]1CN(Cc2nnnn2CC(=O)N(C)CCCN2CCCC2)C[C@H](C)O1. The molecule has 9 nitrogen and oxygen atoms in total. The van der Waals surface area contributed by atoms with Gasteiger partial charge in [-0.05, 0) is 63.2 Å². The highest BCUT2D eigenvalue weighted by molar-refractivity contribution is 5.75. The lowest BCUT2D eigenvalue weighted by Crippen LogP contribution is -2.45. The van der Waals surface area contributed by atoms with E-state index in [-0.39, 0.29) is 24.7 Å². The van der Waals surface area contributed by atoms with Gasteiger partial charge in [0.15, 0.2) is 5.82 Å². The lowest BCUT2D eigenvalue weighted by molar-refractivity contribution is -0.131. The van der Waals surface area contributed by atoms with Crippen LogP contribution in [0.5, 0.6) is 0 Å². The zero-order valence-electron chi connectivity index (χ0n) is 16.9. The first-order chi connectivity index (χ1) is 13.0. The number of likely N-dealkylation sites (tertiary alicyclic amines) is 1. The Hall–Kier alpha value is -1.58. The van der Waals surface area contributed by atoms with Gasteiger partial charge in [0.05, 0.1) is 18.8 Å². The Morgan fingerprint density at radius 2 is 1.89 bits per heavy atom. The Balaban J connectivity index is 1.45. The maximum atomic E-state index is 12.5. The summed E-state index contributed by atoms with van der Waals surface area (Å²) in [5.74, 6) is 0.781. The summed E-state index contributed by atoms with van der Waals surface area (Å²) in [6.07, 6.45) is 4.01. The summed E-state index contributed by atoms with van der Waals surface area (Å²) in [6, 6.07) is 0. The Bertz CT molecular complexity index is 592. The predicted octanol–water partition coefficient (Wildman–Crippen LogP) is 0.227. The van der Waals surface area contributed by atoms with Gasteiger partial charge in [0.1, 0.15) is 6.54 Å². The molecule has 152 valence electrons. The van der Waals surface area contributed by atoms with E-state index in [1.54, 1.807) is 9.58 Å². The quantitative estimate of drug-likeness (QED) is 0.639. The van der Waals surface area contributed by atoms with Crippen LogP contribution in [-0.2, 0) is 22.6 Å². The Morgan fingerprint density at radius 3 is 2.59 bits per heavy atom. The van der Waals surface area contributed by atoms with Crippen molar-refractivity contribution in [3.8, 4) is 0 Å². The van der Waals surface area contributed by atoms with Crippen LogP contribution < -0.4 is 0 Å². The molecular formula is C18H33N7O2. The Kier molecular flexibility index (Phi) is 7.14. The van der Waals surface area contributed by atoms with Crippen molar-refractivity contribution in [2.75, 3.05) is 46.3 Å². The van der Waals surface area contributed by atoms with Crippen LogP contribution >= 0.6 is 0 Å². The molecule has 2 fully saturated rings. The van der Waals surface area contributed by atoms with Gasteiger partial charge < -0.3 is 14.5 Å². The van der Waals surface area contributed by atoms with E-state index in [1.807, 2.05) is 7.05 Å². The second-order valence-corrected chi connectivity index (χ2v) is 7.92. The first-order valence-electron chi connectivity index (χ1n) is 10.1. The predicted molar refractivity (Wildman–Crippen MR) is 101 cm³/mol. The van der Waals surface area contributed by atoms with Crippen molar-refractivity contribution in [3.63, 3.8) is 0 Å². The normalized spacial score (nSPS) is 24.4. The van der Waals surface area contributed by atoms with E-state index in [1.165, 1.54) is 25.9 Å². The molecule has 3 heterocycles. The molecular weight excluding hydrogens is 346 g/mol. The monoisotopic (exact) mass is 379 g/mol. The fraction of sp³-hybridized carbons (Fsp3) is 0.889. The molecule has 1 aromatic heterocycles. The fourth-order valence-corrected chi connectivity index (χ4v) is 3.98. The molecule has 0 spiro atoms. The van der Waals surface area contributed by atoms with Gasteiger partial charge >= 0.3 is 0 Å². The highest BCUT2D eigenvalue weighted by atomic mass is 16.5. The van der Waals surface area contributed by atoms with Gasteiger partial charge in [0.25, 0.3) is 0 Å². The molecule has 2 aliphatic rings. The van der Waals surface area contributed by atoms with Crippen LogP contribution in [-0.4, -0.2) is 99.3 Å². The lowest BCUT2D eigenvalue weighted by atomic mass is 10.2. The van der Waals surface area contributed by atoms with Crippen LogP contribution in [0.3, 0.4) is 0 Å². The van der Waals surface area contributed by atoms with Crippen molar-refractivity contribution in [3.05, 3.63) is 5.82 Å². The number of aromatic nitrogens is 4. The number of likely N-dealkylation sites (N-methyl/N-ethyl adjacent to an activating group) is 1. The second kappa shape index (κ2) is 9.57. The maximum absolute atomic E-state index is 12.5. The van der Waals surface area contributed by atoms with Crippen molar-refractivity contribution in [2.45, 2.75) is 58.4 Å². The summed E-state index contributed by atoms with van der Waals surface area (Å²) in [7, 11) is 1.86. The third-order valence-electron chi connectivity index (χ3n) is 5.34. The Labute approximate surface area is 161 Å². The highest BCUT2D eigenvalue weighted by Crippen LogP contribution is 2.13. The van der Waals surface area contributed by atoms with Crippen LogP contribution in [0.1, 0.15) is 38.9 Å². The molecule has 9 heteroatoms. The fourth-order valence-electron chi connectivity index (χ4n) is 3.98.